The summed E-state index contributed by atoms with van der Waals surface area (Å²) in [4.78, 5) is 24.9. The van der Waals surface area contributed by atoms with Crippen LogP contribution in [-0.4, -0.2) is 31.9 Å². The van der Waals surface area contributed by atoms with E-state index in [9.17, 15) is 9.59 Å². The number of benzene rings is 1. The van der Waals surface area contributed by atoms with Crippen molar-refractivity contribution in [1.82, 2.24) is 0 Å². The number of methoxy groups -OCH3 is 1. The van der Waals surface area contributed by atoms with Crippen molar-refractivity contribution < 1.29 is 14.3 Å². The zero-order valence-corrected chi connectivity index (χ0v) is 9.60. The van der Waals surface area contributed by atoms with Gasteiger partial charge in [-0.2, -0.15) is 0 Å². The second-order valence-electron chi connectivity index (χ2n) is 3.81. The minimum atomic E-state index is -0.485. The molecular weight excluding hydrogens is 220 g/mol. The number of anilines is 1. The summed E-state index contributed by atoms with van der Waals surface area (Å²) in [6.07, 6.45) is 0.662. The summed E-state index contributed by atoms with van der Waals surface area (Å²) in [5.41, 5.74) is 6.47. The Bertz CT molecular complexity index is 471. The van der Waals surface area contributed by atoms with Crippen LogP contribution in [-0.2, 0) is 4.79 Å². The molecule has 0 saturated carbocycles. The van der Waals surface area contributed by atoms with E-state index in [1.807, 2.05) is 0 Å². The van der Waals surface area contributed by atoms with E-state index < -0.39 is 11.7 Å². The summed E-state index contributed by atoms with van der Waals surface area (Å²) in [6, 6.07) is 5.00. The van der Waals surface area contributed by atoms with Crippen LogP contribution in [0.4, 0.5) is 5.69 Å². The monoisotopic (exact) mass is 234 g/mol. The van der Waals surface area contributed by atoms with Crippen molar-refractivity contribution in [2.75, 3.05) is 25.1 Å². The molecule has 0 radical (unpaired) electrons. The SMILES string of the molecule is COc1ccc2c(c1)N(CCCN)C(=O)C2=O. The second-order valence-corrected chi connectivity index (χ2v) is 3.81. The predicted molar refractivity (Wildman–Crippen MR) is 63.3 cm³/mol. The Morgan fingerprint density at radius 1 is 1.35 bits per heavy atom. The van der Waals surface area contributed by atoms with Crippen LogP contribution >= 0.6 is 0 Å². The zero-order chi connectivity index (χ0) is 12.4. The number of nitrogens with two attached hydrogens (primary N) is 1. The third kappa shape index (κ3) is 1.89. The number of hydrogen-bond donors (Lipinski definition) is 1. The van der Waals surface area contributed by atoms with Gasteiger partial charge >= 0.3 is 0 Å². The third-order valence-corrected chi connectivity index (χ3v) is 2.77. The molecule has 1 aliphatic heterocycles. The first kappa shape index (κ1) is 11.6. The van der Waals surface area contributed by atoms with Gasteiger partial charge in [0.25, 0.3) is 11.7 Å². The Hall–Kier alpha value is -1.88. The molecule has 0 saturated heterocycles. The molecule has 5 heteroatoms. The van der Waals surface area contributed by atoms with E-state index >= 15 is 0 Å². The van der Waals surface area contributed by atoms with Gasteiger partial charge in [-0.1, -0.05) is 0 Å². The second kappa shape index (κ2) is 4.55. The van der Waals surface area contributed by atoms with Crippen LogP contribution in [0.15, 0.2) is 18.2 Å². The highest BCUT2D eigenvalue weighted by Crippen LogP contribution is 2.32. The normalized spacial score (nSPS) is 14.1. The number of rotatable bonds is 4. The average molecular weight is 234 g/mol. The van der Waals surface area contributed by atoms with Gasteiger partial charge in [0.05, 0.1) is 18.4 Å². The molecular formula is C12H14N2O3. The van der Waals surface area contributed by atoms with Gasteiger partial charge in [-0.25, -0.2) is 0 Å². The predicted octanol–water partition coefficient (Wildman–Crippen LogP) is 0.573. The first-order chi connectivity index (χ1) is 8.19. The molecule has 0 bridgehead atoms. The molecule has 0 spiro atoms. The molecule has 1 heterocycles. The van der Waals surface area contributed by atoms with Crippen molar-refractivity contribution in [2.24, 2.45) is 5.73 Å². The van der Waals surface area contributed by atoms with E-state index in [1.54, 1.807) is 25.3 Å². The minimum Gasteiger partial charge on any atom is -0.497 e. The summed E-state index contributed by atoms with van der Waals surface area (Å²) in [5, 5.41) is 0. The summed E-state index contributed by atoms with van der Waals surface area (Å²) >= 11 is 0. The number of Topliss-reactive ketones (excluding diaryl/α,β-unsaturated/α-hetero) is 1. The molecule has 0 atom stereocenters. The van der Waals surface area contributed by atoms with Gasteiger partial charge < -0.3 is 15.4 Å². The Balaban J connectivity index is 2.38. The quantitative estimate of drug-likeness (QED) is 0.773. The van der Waals surface area contributed by atoms with Crippen LogP contribution in [0.2, 0.25) is 0 Å². The number of hydrogen-bond acceptors (Lipinski definition) is 4. The van der Waals surface area contributed by atoms with Crippen molar-refractivity contribution in [3.63, 3.8) is 0 Å². The number of nitrogens with zero attached hydrogens (tertiary/aromatic N) is 1. The summed E-state index contributed by atoms with van der Waals surface area (Å²) in [7, 11) is 1.55. The molecule has 1 aliphatic rings. The van der Waals surface area contributed by atoms with Crippen LogP contribution in [0.5, 0.6) is 5.75 Å². The smallest absolute Gasteiger partial charge is 0.299 e. The molecule has 1 aromatic rings. The van der Waals surface area contributed by atoms with E-state index in [0.29, 0.717) is 36.5 Å². The average Bonchev–Trinajstić information content (AvgIpc) is 2.59. The van der Waals surface area contributed by atoms with Gasteiger partial charge in [0.15, 0.2) is 0 Å². The van der Waals surface area contributed by atoms with Gasteiger partial charge in [-0.3, -0.25) is 9.59 Å². The Kier molecular flexibility index (Phi) is 3.10. The van der Waals surface area contributed by atoms with Crippen LogP contribution in [0.3, 0.4) is 0 Å². The number of fused-ring (bicyclic) bond motifs is 1. The zero-order valence-electron chi connectivity index (χ0n) is 9.60. The molecule has 0 aromatic heterocycles. The lowest BCUT2D eigenvalue weighted by atomic mass is 10.1. The molecule has 0 unspecified atom stereocenters. The molecule has 1 aromatic carbocycles. The molecule has 2 rings (SSSR count). The lowest BCUT2D eigenvalue weighted by molar-refractivity contribution is -0.114. The Labute approximate surface area is 99.2 Å². The van der Waals surface area contributed by atoms with E-state index in [1.165, 1.54) is 4.90 Å². The Morgan fingerprint density at radius 3 is 2.76 bits per heavy atom. The number of ketones is 1. The van der Waals surface area contributed by atoms with Crippen LogP contribution in [0, 0.1) is 0 Å². The first-order valence-corrected chi connectivity index (χ1v) is 5.43. The fourth-order valence-electron chi connectivity index (χ4n) is 1.87. The van der Waals surface area contributed by atoms with Gasteiger partial charge in [-0.15, -0.1) is 0 Å². The highest BCUT2D eigenvalue weighted by atomic mass is 16.5. The maximum absolute atomic E-state index is 11.8. The number of carbonyl (C=O) groups excluding carboxylic acids is 2. The number of carbonyl (C=O) groups is 2. The van der Waals surface area contributed by atoms with Crippen molar-refractivity contribution in [2.45, 2.75) is 6.42 Å². The molecule has 2 N–H and O–H groups in total. The van der Waals surface area contributed by atoms with Crippen LogP contribution < -0.4 is 15.4 Å². The fourth-order valence-corrected chi connectivity index (χ4v) is 1.87. The van der Waals surface area contributed by atoms with Crippen molar-refractivity contribution in [3.8, 4) is 5.75 Å². The van der Waals surface area contributed by atoms with Crippen LogP contribution in [0.25, 0.3) is 0 Å². The standard InChI is InChI=1S/C12H14N2O3/c1-17-8-3-4-9-10(7-8)14(6-2-5-13)12(16)11(9)15/h3-4,7H,2,5-6,13H2,1H3. The minimum absolute atomic E-state index is 0.438. The third-order valence-electron chi connectivity index (χ3n) is 2.77. The Morgan fingerprint density at radius 2 is 2.12 bits per heavy atom. The van der Waals surface area contributed by atoms with Crippen molar-refractivity contribution in [3.05, 3.63) is 23.8 Å². The summed E-state index contributed by atoms with van der Waals surface area (Å²) in [6.45, 7) is 0.943. The topological polar surface area (TPSA) is 72.6 Å². The van der Waals surface area contributed by atoms with Gasteiger partial charge in [-0.05, 0) is 25.1 Å². The van der Waals surface area contributed by atoms with Gasteiger partial charge in [0.1, 0.15) is 5.75 Å². The van der Waals surface area contributed by atoms with Crippen molar-refractivity contribution in [1.29, 1.82) is 0 Å². The lowest BCUT2D eigenvalue weighted by Crippen LogP contribution is -2.31. The van der Waals surface area contributed by atoms with E-state index in [-0.39, 0.29) is 0 Å². The molecule has 1 amide bonds. The summed E-state index contributed by atoms with van der Waals surface area (Å²) < 4.78 is 5.09. The van der Waals surface area contributed by atoms with Crippen molar-refractivity contribution >= 4 is 17.4 Å². The molecule has 0 fully saturated rings. The highest BCUT2D eigenvalue weighted by Gasteiger charge is 2.35. The van der Waals surface area contributed by atoms with Crippen LogP contribution in [0.1, 0.15) is 16.8 Å². The molecule has 90 valence electrons. The van der Waals surface area contributed by atoms with E-state index in [0.717, 1.165) is 0 Å². The lowest BCUT2D eigenvalue weighted by Gasteiger charge is -2.16. The van der Waals surface area contributed by atoms with E-state index in [4.69, 9.17) is 10.5 Å². The number of amides is 1. The molecule has 0 aliphatic carbocycles. The number of ether oxygens (including phenoxy) is 1. The fraction of sp³-hybridized carbons (Fsp3) is 0.333. The molecule has 17 heavy (non-hydrogen) atoms. The maximum Gasteiger partial charge on any atom is 0.299 e. The maximum atomic E-state index is 11.8. The largest absolute Gasteiger partial charge is 0.497 e. The first-order valence-electron chi connectivity index (χ1n) is 5.43. The van der Waals surface area contributed by atoms with Gasteiger partial charge in [0.2, 0.25) is 0 Å². The van der Waals surface area contributed by atoms with Gasteiger partial charge in [0, 0.05) is 12.6 Å². The summed E-state index contributed by atoms with van der Waals surface area (Å²) in [5.74, 6) is -0.314. The highest BCUT2D eigenvalue weighted by molar-refractivity contribution is 6.52. The molecule has 5 nitrogen and oxygen atoms in total. The van der Waals surface area contributed by atoms with E-state index in [2.05, 4.69) is 0 Å².